The summed E-state index contributed by atoms with van der Waals surface area (Å²) in [6.45, 7) is 9.58. The van der Waals surface area contributed by atoms with Gasteiger partial charge in [0.2, 0.25) is 0 Å². The van der Waals surface area contributed by atoms with Gasteiger partial charge in [-0.2, -0.15) is 0 Å². The summed E-state index contributed by atoms with van der Waals surface area (Å²) in [6.07, 6.45) is 35.4. The summed E-state index contributed by atoms with van der Waals surface area (Å²) in [5.41, 5.74) is 0. The number of piperidine rings is 1. The lowest BCUT2D eigenvalue weighted by molar-refractivity contribution is -0.167. The molecule has 1 rings (SSSR count). The SMILES string of the molecule is CCCCC/C=C\C/C=C\CCCCCCCC(=O)OCC(COC(=O)CCCCCCCC)OC(=O)CCC(CCCCCC)OC(=O)OCCCN1CCCCC1. The third-order valence-corrected chi connectivity index (χ3v) is 10.8. The van der Waals surface area contributed by atoms with Gasteiger partial charge >= 0.3 is 24.1 Å². The monoisotopic (exact) mass is 834 g/mol. The number of unbranched alkanes of at least 4 members (excludes halogenated alkanes) is 16. The van der Waals surface area contributed by atoms with Crippen molar-refractivity contribution < 1.29 is 42.9 Å². The van der Waals surface area contributed by atoms with Gasteiger partial charge in [0.15, 0.2) is 6.10 Å². The van der Waals surface area contributed by atoms with Gasteiger partial charge in [-0.05, 0) is 96.6 Å². The van der Waals surface area contributed by atoms with E-state index in [9.17, 15) is 19.2 Å². The van der Waals surface area contributed by atoms with Crippen molar-refractivity contribution in [1.29, 1.82) is 0 Å². The molecule has 1 saturated heterocycles. The molecule has 0 aromatic heterocycles. The van der Waals surface area contributed by atoms with Crippen LogP contribution in [0.1, 0.15) is 213 Å². The van der Waals surface area contributed by atoms with E-state index in [-0.39, 0.29) is 44.4 Å². The van der Waals surface area contributed by atoms with Gasteiger partial charge in [-0.25, -0.2) is 4.79 Å². The minimum absolute atomic E-state index is 0.00278. The third-order valence-electron chi connectivity index (χ3n) is 10.8. The molecule has 0 aromatic rings. The van der Waals surface area contributed by atoms with Crippen molar-refractivity contribution in [1.82, 2.24) is 4.90 Å². The van der Waals surface area contributed by atoms with Crippen LogP contribution in [0.5, 0.6) is 0 Å². The molecular formula is C49H87NO9. The van der Waals surface area contributed by atoms with Crippen LogP contribution in [0.15, 0.2) is 24.3 Å². The lowest BCUT2D eigenvalue weighted by Gasteiger charge is -2.26. The van der Waals surface area contributed by atoms with Crippen LogP contribution in [0.25, 0.3) is 0 Å². The molecule has 10 nitrogen and oxygen atoms in total. The topological polar surface area (TPSA) is 118 Å². The number of rotatable bonds is 39. The lowest BCUT2D eigenvalue weighted by atomic mass is 10.1. The molecule has 59 heavy (non-hydrogen) atoms. The molecule has 342 valence electrons. The Morgan fingerprint density at radius 2 is 1.02 bits per heavy atom. The molecule has 1 aliphatic rings. The lowest BCUT2D eigenvalue weighted by Crippen LogP contribution is -2.31. The first-order valence-electron chi connectivity index (χ1n) is 24.2. The van der Waals surface area contributed by atoms with E-state index >= 15 is 0 Å². The van der Waals surface area contributed by atoms with Crippen molar-refractivity contribution in [2.45, 2.75) is 226 Å². The highest BCUT2D eigenvalue weighted by molar-refractivity contribution is 5.71. The van der Waals surface area contributed by atoms with Crippen LogP contribution < -0.4 is 0 Å². The predicted molar refractivity (Wildman–Crippen MR) is 238 cm³/mol. The van der Waals surface area contributed by atoms with Crippen LogP contribution in [0, 0.1) is 0 Å². The minimum atomic E-state index is -0.918. The Labute approximate surface area is 360 Å². The number of hydrogen-bond acceptors (Lipinski definition) is 10. The molecule has 2 unspecified atom stereocenters. The summed E-state index contributed by atoms with van der Waals surface area (Å²) in [7, 11) is 0. The van der Waals surface area contributed by atoms with Crippen molar-refractivity contribution in [2.75, 3.05) is 39.5 Å². The number of carbonyl (C=O) groups is 4. The fourth-order valence-corrected chi connectivity index (χ4v) is 7.14. The van der Waals surface area contributed by atoms with Crippen molar-refractivity contribution in [3.05, 3.63) is 24.3 Å². The van der Waals surface area contributed by atoms with Crippen LogP contribution in [0.2, 0.25) is 0 Å². The van der Waals surface area contributed by atoms with Crippen LogP contribution in [-0.4, -0.2) is 80.6 Å². The van der Waals surface area contributed by atoms with Gasteiger partial charge < -0.3 is 28.6 Å². The van der Waals surface area contributed by atoms with Crippen LogP contribution in [0.4, 0.5) is 4.79 Å². The van der Waals surface area contributed by atoms with Crippen LogP contribution >= 0.6 is 0 Å². The summed E-state index contributed by atoms with van der Waals surface area (Å²) in [5, 5.41) is 0. The van der Waals surface area contributed by atoms with E-state index in [1.807, 2.05) is 0 Å². The van der Waals surface area contributed by atoms with Crippen LogP contribution in [-0.2, 0) is 38.1 Å². The molecule has 1 fully saturated rings. The van der Waals surface area contributed by atoms with E-state index < -0.39 is 24.3 Å². The van der Waals surface area contributed by atoms with Gasteiger partial charge in [-0.3, -0.25) is 14.4 Å². The highest BCUT2D eigenvalue weighted by Gasteiger charge is 2.22. The molecule has 0 bridgehead atoms. The molecule has 0 aromatic carbocycles. The first kappa shape index (κ1) is 54.1. The van der Waals surface area contributed by atoms with Gasteiger partial charge in [-0.15, -0.1) is 0 Å². The van der Waals surface area contributed by atoms with E-state index in [1.54, 1.807) is 0 Å². The fourth-order valence-electron chi connectivity index (χ4n) is 7.14. The molecule has 1 heterocycles. The highest BCUT2D eigenvalue weighted by Crippen LogP contribution is 2.17. The molecular weight excluding hydrogens is 747 g/mol. The maximum absolute atomic E-state index is 13.1. The second-order valence-corrected chi connectivity index (χ2v) is 16.5. The molecule has 0 N–H and O–H groups in total. The fraction of sp³-hybridized carbons (Fsp3) is 0.837. The summed E-state index contributed by atoms with van der Waals surface area (Å²) < 4.78 is 27.8. The van der Waals surface area contributed by atoms with Gasteiger partial charge in [0, 0.05) is 25.8 Å². The number of likely N-dealkylation sites (tertiary alicyclic amines) is 1. The Bertz CT molecular complexity index is 1090. The molecule has 2 atom stereocenters. The molecule has 0 saturated carbocycles. The van der Waals surface area contributed by atoms with Gasteiger partial charge in [0.05, 0.1) is 6.61 Å². The van der Waals surface area contributed by atoms with Crippen molar-refractivity contribution in [2.24, 2.45) is 0 Å². The Hall–Kier alpha value is -2.88. The van der Waals surface area contributed by atoms with Crippen molar-refractivity contribution in [3.63, 3.8) is 0 Å². The zero-order valence-corrected chi connectivity index (χ0v) is 38.0. The van der Waals surface area contributed by atoms with Crippen molar-refractivity contribution >= 4 is 24.1 Å². The maximum atomic E-state index is 13.1. The van der Waals surface area contributed by atoms with E-state index in [0.717, 1.165) is 122 Å². The van der Waals surface area contributed by atoms with Gasteiger partial charge in [-0.1, -0.05) is 135 Å². The molecule has 0 aliphatic carbocycles. The number of esters is 3. The zero-order valence-electron chi connectivity index (χ0n) is 38.0. The highest BCUT2D eigenvalue weighted by atomic mass is 16.7. The third kappa shape index (κ3) is 35.6. The minimum Gasteiger partial charge on any atom is -0.462 e. The van der Waals surface area contributed by atoms with E-state index in [2.05, 4.69) is 50.0 Å². The zero-order chi connectivity index (χ0) is 42.9. The Balaban J connectivity index is 2.53. The Morgan fingerprint density at radius 3 is 1.63 bits per heavy atom. The number of hydrogen-bond donors (Lipinski definition) is 0. The molecule has 1 aliphatic heterocycles. The number of allylic oxidation sites excluding steroid dienone is 4. The van der Waals surface area contributed by atoms with Crippen LogP contribution in [0.3, 0.4) is 0 Å². The summed E-state index contributed by atoms with van der Waals surface area (Å²) >= 11 is 0. The smallest absolute Gasteiger partial charge is 0.462 e. The van der Waals surface area contributed by atoms with E-state index in [4.69, 9.17) is 23.7 Å². The predicted octanol–water partition coefficient (Wildman–Crippen LogP) is 12.7. The number of nitrogens with zero attached hydrogens (tertiary/aromatic N) is 1. The Kier molecular flexibility index (Phi) is 37.2. The normalized spacial score (nSPS) is 14.4. The molecule has 0 radical (unpaired) electrons. The number of ether oxygens (including phenoxy) is 5. The van der Waals surface area contributed by atoms with E-state index in [0.29, 0.717) is 19.4 Å². The van der Waals surface area contributed by atoms with Gasteiger partial charge in [0.25, 0.3) is 0 Å². The first-order chi connectivity index (χ1) is 28.9. The maximum Gasteiger partial charge on any atom is 0.508 e. The van der Waals surface area contributed by atoms with Gasteiger partial charge in [0.1, 0.15) is 19.3 Å². The van der Waals surface area contributed by atoms with Crippen molar-refractivity contribution in [3.8, 4) is 0 Å². The first-order valence-corrected chi connectivity index (χ1v) is 24.2. The largest absolute Gasteiger partial charge is 0.508 e. The molecule has 0 amide bonds. The second-order valence-electron chi connectivity index (χ2n) is 16.5. The summed E-state index contributed by atoms with van der Waals surface area (Å²) in [4.78, 5) is 53.3. The molecule has 0 spiro atoms. The average molecular weight is 834 g/mol. The molecule has 10 heteroatoms. The standard InChI is InChI=1S/C49H87NO9/c1-4-7-10-13-15-16-17-18-19-20-21-22-23-25-29-35-47(52)57-43-45(42-56-46(51)34-28-24-14-11-8-5-2)58-48(53)37-36-44(33-27-12-9-6-3)59-49(54)55-41-32-40-50-38-30-26-31-39-50/h15-16,18-19,44-45H,4-14,17,20-43H2,1-3H3/b16-15-,19-18-. The summed E-state index contributed by atoms with van der Waals surface area (Å²) in [6, 6.07) is 0. The second kappa shape index (κ2) is 40.5. The Morgan fingerprint density at radius 1 is 0.492 bits per heavy atom. The average Bonchev–Trinajstić information content (AvgIpc) is 3.24. The quantitative estimate of drug-likeness (QED) is 0.0256. The number of carbonyl (C=O) groups excluding carboxylic acids is 4. The summed E-state index contributed by atoms with van der Waals surface area (Å²) in [5.74, 6) is -1.23. The van der Waals surface area contributed by atoms with E-state index in [1.165, 1.54) is 57.8 Å².